The predicted octanol–water partition coefficient (Wildman–Crippen LogP) is 3.33. The summed E-state index contributed by atoms with van der Waals surface area (Å²) in [4.78, 5) is 20.3. The highest BCUT2D eigenvalue weighted by Gasteiger charge is 2.13. The summed E-state index contributed by atoms with van der Waals surface area (Å²) in [6.45, 7) is 3.01. The number of primary amides is 1. The number of anilines is 3. The van der Waals surface area contributed by atoms with Crippen molar-refractivity contribution in [3.05, 3.63) is 71.9 Å². The van der Waals surface area contributed by atoms with Gasteiger partial charge in [-0.25, -0.2) is 4.98 Å². The van der Waals surface area contributed by atoms with E-state index < -0.39 is 5.91 Å². The van der Waals surface area contributed by atoms with Gasteiger partial charge in [0.15, 0.2) is 0 Å². The lowest BCUT2D eigenvalue weighted by Gasteiger charge is -2.13. The highest BCUT2D eigenvalue weighted by atomic mass is 16.5. The normalized spacial score (nSPS) is 10.3. The first-order valence-corrected chi connectivity index (χ1v) is 8.61. The predicted molar refractivity (Wildman–Crippen MR) is 105 cm³/mol. The van der Waals surface area contributed by atoms with Gasteiger partial charge in [0, 0.05) is 24.0 Å². The smallest absolute Gasteiger partial charge is 0.254 e. The first-order valence-electron chi connectivity index (χ1n) is 8.61. The van der Waals surface area contributed by atoms with Crippen LogP contribution in [0.15, 0.2) is 60.8 Å². The molecule has 2 aromatic carbocycles. The fraction of sp³-hybridized carbons (Fsp3) is 0.150. The summed E-state index contributed by atoms with van der Waals surface area (Å²) in [5.41, 5.74) is 7.45. The van der Waals surface area contributed by atoms with Gasteiger partial charge in [0.25, 0.3) is 5.91 Å². The van der Waals surface area contributed by atoms with Crippen molar-refractivity contribution in [3.8, 4) is 5.75 Å². The third kappa shape index (κ3) is 4.72. The number of nitrogens with one attached hydrogen (secondary N) is 2. The standard InChI is InChI=1S/C20H21N5O2/c1-2-27-17-11-7-6-8-14(17)12-22-20-23-13-16(18(21)26)19(25-20)24-15-9-4-3-5-10-15/h3-11,13H,2,12H2,1H3,(H2,21,26)(H2,22,23,24,25). The largest absolute Gasteiger partial charge is 0.494 e. The summed E-state index contributed by atoms with van der Waals surface area (Å²) < 4.78 is 5.62. The van der Waals surface area contributed by atoms with Crippen LogP contribution in [0.3, 0.4) is 0 Å². The molecule has 3 rings (SSSR count). The Bertz CT molecular complexity index is 915. The molecule has 0 aliphatic carbocycles. The van der Waals surface area contributed by atoms with Gasteiger partial charge >= 0.3 is 0 Å². The van der Waals surface area contributed by atoms with Crippen molar-refractivity contribution in [1.29, 1.82) is 0 Å². The molecule has 0 saturated heterocycles. The monoisotopic (exact) mass is 363 g/mol. The van der Waals surface area contributed by atoms with Crippen LogP contribution in [0.1, 0.15) is 22.8 Å². The maximum atomic E-state index is 11.7. The molecule has 4 N–H and O–H groups in total. The fourth-order valence-electron chi connectivity index (χ4n) is 2.52. The quantitative estimate of drug-likeness (QED) is 0.567. The molecule has 3 aromatic rings. The number of ether oxygens (including phenoxy) is 1. The van der Waals surface area contributed by atoms with E-state index in [1.165, 1.54) is 6.20 Å². The van der Waals surface area contributed by atoms with E-state index in [1.54, 1.807) is 0 Å². The molecule has 0 unspecified atom stereocenters. The average Bonchev–Trinajstić information content (AvgIpc) is 2.68. The van der Waals surface area contributed by atoms with E-state index in [-0.39, 0.29) is 5.56 Å². The highest BCUT2D eigenvalue weighted by Crippen LogP contribution is 2.21. The molecule has 1 aromatic heterocycles. The Morgan fingerprint density at radius 3 is 2.59 bits per heavy atom. The van der Waals surface area contributed by atoms with Gasteiger partial charge in [0.05, 0.1) is 6.61 Å². The van der Waals surface area contributed by atoms with Crippen molar-refractivity contribution in [2.45, 2.75) is 13.5 Å². The van der Waals surface area contributed by atoms with Crippen molar-refractivity contribution < 1.29 is 9.53 Å². The Balaban J connectivity index is 1.80. The van der Waals surface area contributed by atoms with E-state index in [1.807, 2.05) is 61.5 Å². The summed E-state index contributed by atoms with van der Waals surface area (Å²) in [7, 11) is 0. The second kappa shape index (κ2) is 8.66. The minimum absolute atomic E-state index is 0.221. The Hall–Kier alpha value is -3.61. The summed E-state index contributed by atoms with van der Waals surface area (Å²) in [6, 6.07) is 17.2. The second-order valence-corrected chi connectivity index (χ2v) is 5.71. The summed E-state index contributed by atoms with van der Waals surface area (Å²) in [6.07, 6.45) is 1.41. The summed E-state index contributed by atoms with van der Waals surface area (Å²) in [5.74, 6) is 0.944. The molecule has 0 fully saturated rings. The van der Waals surface area contributed by atoms with Crippen molar-refractivity contribution in [2.24, 2.45) is 5.73 Å². The van der Waals surface area contributed by atoms with Gasteiger partial charge in [-0.15, -0.1) is 0 Å². The highest BCUT2D eigenvalue weighted by molar-refractivity contribution is 5.98. The summed E-state index contributed by atoms with van der Waals surface area (Å²) in [5, 5.41) is 6.27. The number of rotatable bonds is 8. The van der Waals surface area contributed by atoms with Crippen LogP contribution in [0.25, 0.3) is 0 Å². The number of benzene rings is 2. The van der Waals surface area contributed by atoms with Gasteiger partial charge in [-0.05, 0) is 25.1 Å². The molecule has 0 saturated carbocycles. The lowest BCUT2D eigenvalue weighted by atomic mass is 10.2. The number of nitrogens with two attached hydrogens (primary N) is 1. The van der Waals surface area contributed by atoms with Gasteiger partial charge in [-0.2, -0.15) is 4.98 Å². The molecule has 0 radical (unpaired) electrons. The van der Waals surface area contributed by atoms with Crippen LogP contribution >= 0.6 is 0 Å². The van der Waals surface area contributed by atoms with Crippen LogP contribution in [0, 0.1) is 0 Å². The number of hydrogen-bond acceptors (Lipinski definition) is 6. The number of para-hydroxylation sites is 2. The lowest BCUT2D eigenvalue weighted by molar-refractivity contribution is 0.100. The molecule has 7 nitrogen and oxygen atoms in total. The zero-order valence-corrected chi connectivity index (χ0v) is 15.0. The van der Waals surface area contributed by atoms with Crippen LogP contribution in [-0.2, 0) is 6.54 Å². The molecule has 7 heteroatoms. The van der Waals surface area contributed by atoms with Crippen molar-refractivity contribution in [2.75, 3.05) is 17.2 Å². The minimum Gasteiger partial charge on any atom is -0.494 e. The van der Waals surface area contributed by atoms with Crippen LogP contribution in [0.4, 0.5) is 17.5 Å². The van der Waals surface area contributed by atoms with Gasteiger partial charge in [-0.3, -0.25) is 4.79 Å². The van der Waals surface area contributed by atoms with Crippen molar-refractivity contribution in [3.63, 3.8) is 0 Å². The number of carbonyl (C=O) groups is 1. The molecule has 0 spiro atoms. The topological polar surface area (TPSA) is 102 Å². The van der Waals surface area contributed by atoms with Gasteiger partial charge in [0.1, 0.15) is 17.1 Å². The molecule has 1 heterocycles. The Morgan fingerprint density at radius 1 is 1.11 bits per heavy atom. The summed E-state index contributed by atoms with van der Waals surface area (Å²) >= 11 is 0. The molecular weight excluding hydrogens is 342 g/mol. The maximum absolute atomic E-state index is 11.7. The molecule has 0 aliphatic heterocycles. The van der Waals surface area contributed by atoms with E-state index in [0.717, 1.165) is 17.0 Å². The molecular formula is C20H21N5O2. The first kappa shape index (κ1) is 18.2. The SMILES string of the molecule is CCOc1ccccc1CNc1ncc(C(N)=O)c(Nc2ccccc2)n1. The molecule has 0 atom stereocenters. The number of hydrogen-bond donors (Lipinski definition) is 3. The van der Waals surface area contributed by atoms with E-state index in [0.29, 0.717) is 24.9 Å². The number of nitrogens with zero attached hydrogens (tertiary/aromatic N) is 2. The van der Waals surface area contributed by atoms with E-state index >= 15 is 0 Å². The lowest BCUT2D eigenvalue weighted by Crippen LogP contribution is -2.16. The number of aromatic nitrogens is 2. The van der Waals surface area contributed by atoms with Crippen molar-refractivity contribution >= 4 is 23.4 Å². The zero-order chi connectivity index (χ0) is 19.1. The van der Waals surface area contributed by atoms with E-state index in [9.17, 15) is 4.79 Å². The third-order valence-electron chi connectivity index (χ3n) is 3.80. The van der Waals surface area contributed by atoms with E-state index in [2.05, 4.69) is 20.6 Å². The van der Waals surface area contributed by atoms with Crippen LogP contribution in [-0.4, -0.2) is 22.5 Å². The molecule has 0 bridgehead atoms. The van der Waals surface area contributed by atoms with Crippen LogP contribution in [0.2, 0.25) is 0 Å². The second-order valence-electron chi connectivity index (χ2n) is 5.71. The maximum Gasteiger partial charge on any atom is 0.254 e. The van der Waals surface area contributed by atoms with Crippen LogP contribution < -0.4 is 21.1 Å². The molecule has 27 heavy (non-hydrogen) atoms. The van der Waals surface area contributed by atoms with Crippen molar-refractivity contribution in [1.82, 2.24) is 9.97 Å². The average molecular weight is 363 g/mol. The third-order valence-corrected chi connectivity index (χ3v) is 3.80. The van der Waals surface area contributed by atoms with Gasteiger partial charge < -0.3 is 21.1 Å². The minimum atomic E-state index is -0.596. The zero-order valence-electron chi connectivity index (χ0n) is 15.0. The molecule has 1 amide bonds. The van der Waals surface area contributed by atoms with Gasteiger partial charge in [-0.1, -0.05) is 36.4 Å². The Morgan fingerprint density at radius 2 is 1.85 bits per heavy atom. The van der Waals surface area contributed by atoms with E-state index in [4.69, 9.17) is 10.5 Å². The Labute approximate surface area is 157 Å². The van der Waals surface area contributed by atoms with Gasteiger partial charge in [0.2, 0.25) is 5.95 Å². The molecule has 0 aliphatic rings. The fourth-order valence-corrected chi connectivity index (χ4v) is 2.52. The molecule has 138 valence electrons. The van der Waals surface area contributed by atoms with Crippen LogP contribution in [0.5, 0.6) is 5.75 Å². The Kier molecular flexibility index (Phi) is 5.84. The number of carbonyl (C=O) groups excluding carboxylic acids is 1. The number of amides is 1. The first-order chi connectivity index (χ1) is 13.2.